The lowest BCUT2D eigenvalue weighted by atomic mass is 10.1. The number of carbonyl (C=O) groups is 1. The molecule has 124 valence electrons. The van der Waals surface area contributed by atoms with Gasteiger partial charge in [0.25, 0.3) is 5.91 Å². The summed E-state index contributed by atoms with van der Waals surface area (Å²) in [4.78, 5) is 15.7. The van der Waals surface area contributed by atoms with E-state index in [-0.39, 0.29) is 5.91 Å². The Hall–Kier alpha value is -2.40. The van der Waals surface area contributed by atoms with Gasteiger partial charge in [-0.25, -0.2) is 0 Å². The van der Waals surface area contributed by atoms with Crippen LogP contribution in [0.25, 0.3) is 10.9 Å². The van der Waals surface area contributed by atoms with Crippen molar-refractivity contribution in [1.82, 2.24) is 4.98 Å². The largest absolute Gasteiger partial charge is 0.351 e. The van der Waals surface area contributed by atoms with Crippen LogP contribution in [0.1, 0.15) is 27.2 Å². The highest BCUT2D eigenvalue weighted by atomic mass is 32.2. The molecule has 24 heavy (non-hydrogen) atoms. The number of benzene rings is 2. The number of carbonyl (C=O) groups excluding carboxylic acids is 1. The number of rotatable bonds is 4. The molecule has 0 aliphatic heterocycles. The molecule has 4 nitrogen and oxygen atoms in total. The minimum atomic E-state index is -0.908. The molecule has 0 radical (unpaired) electrons. The summed E-state index contributed by atoms with van der Waals surface area (Å²) in [5.41, 5.74) is 5.45. The number of H-pyrrole nitrogens is 1. The Morgan fingerprint density at radius 1 is 1.17 bits per heavy atom. The zero-order chi connectivity index (χ0) is 17.3. The highest BCUT2D eigenvalue weighted by Gasteiger charge is 2.12. The number of nitrogens with one attached hydrogen (secondary N) is 2. The first-order valence-corrected chi connectivity index (χ1v) is 9.45. The van der Waals surface area contributed by atoms with Gasteiger partial charge >= 0.3 is 0 Å². The quantitative estimate of drug-likeness (QED) is 0.756. The summed E-state index contributed by atoms with van der Waals surface area (Å²) >= 11 is 0. The molecular weight excluding hydrogens is 320 g/mol. The predicted octanol–water partition coefficient (Wildman–Crippen LogP) is 3.92. The van der Waals surface area contributed by atoms with Crippen LogP contribution in [-0.2, 0) is 16.6 Å². The summed E-state index contributed by atoms with van der Waals surface area (Å²) in [6.45, 7) is 4.08. The molecule has 3 rings (SSSR count). The molecule has 0 spiro atoms. The van der Waals surface area contributed by atoms with E-state index in [0.29, 0.717) is 17.1 Å². The standard InChI is InChI=1S/C19H20N2O2S/c1-12-7-13(2)16-10-18(21-17(16)8-12)19(22)20-15-6-4-5-14(9-15)11-24(3)23/h4-10,21H,11H2,1-3H3,(H,20,22). The first kappa shape index (κ1) is 16.5. The van der Waals surface area contributed by atoms with Crippen LogP contribution in [0.2, 0.25) is 0 Å². The Kier molecular flexibility index (Phi) is 4.53. The number of hydrogen-bond donors (Lipinski definition) is 2. The lowest BCUT2D eigenvalue weighted by molar-refractivity contribution is 0.102. The van der Waals surface area contributed by atoms with Gasteiger partial charge in [0.15, 0.2) is 0 Å². The van der Waals surface area contributed by atoms with Gasteiger partial charge in [-0.3, -0.25) is 9.00 Å². The highest BCUT2D eigenvalue weighted by Crippen LogP contribution is 2.22. The van der Waals surface area contributed by atoms with E-state index in [4.69, 9.17) is 0 Å². The zero-order valence-electron chi connectivity index (χ0n) is 14.0. The van der Waals surface area contributed by atoms with E-state index in [1.165, 1.54) is 0 Å². The Labute approximate surface area is 143 Å². The second-order valence-corrected chi connectivity index (χ2v) is 7.53. The summed E-state index contributed by atoms with van der Waals surface area (Å²) in [6.07, 6.45) is 1.67. The third-order valence-corrected chi connectivity index (χ3v) is 4.63. The van der Waals surface area contributed by atoms with E-state index >= 15 is 0 Å². The minimum absolute atomic E-state index is 0.182. The number of amides is 1. The van der Waals surface area contributed by atoms with E-state index in [9.17, 15) is 9.00 Å². The van der Waals surface area contributed by atoms with Gasteiger partial charge in [-0.05, 0) is 54.8 Å². The van der Waals surface area contributed by atoms with Crippen molar-refractivity contribution in [2.75, 3.05) is 11.6 Å². The van der Waals surface area contributed by atoms with Gasteiger partial charge in [-0.15, -0.1) is 0 Å². The lowest BCUT2D eigenvalue weighted by Crippen LogP contribution is -2.12. The van der Waals surface area contributed by atoms with Crippen LogP contribution in [0.3, 0.4) is 0 Å². The summed E-state index contributed by atoms with van der Waals surface area (Å²) in [5.74, 6) is 0.298. The van der Waals surface area contributed by atoms with Gasteiger partial charge in [0, 0.05) is 39.4 Å². The molecule has 5 heteroatoms. The van der Waals surface area contributed by atoms with Crippen LogP contribution in [0, 0.1) is 13.8 Å². The number of hydrogen-bond acceptors (Lipinski definition) is 2. The first-order chi connectivity index (χ1) is 11.4. The van der Waals surface area contributed by atoms with E-state index in [1.807, 2.05) is 50.2 Å². The van der Waals surface area contributed by atoms with Gasteiger partial charge in [0.2, 0.25) is 0 Å². The van der Waals surface area contributed by atoms with Gasteiger partial charge in [0.05, 0.1) is 0 Å². The molecule has 3 aromatic rings. The van der Waals surface area contributed by atoms with E-state index in [0.717, 1.165) is 27.6 Å². The molecule has 1 aromatic heterocycles. The van der Waals surface area contributed by atoms with Crippen LogP contribution in [0.5, 0.6) is 0 Å². The van der Waals surface area contributed by atoms with Crippen molar-refractivity contribution in [3.63, 3.8) is 0 Å². The topological polar surface area (TPSA) is 62.0 Å². The van der Waals surface area contributed by atoms with E-state index in [1.54, 1.807) is 6.26 Å². The van der Waals surface area contributed by atoms with Gasteiger partial charge in [0.1, 0.15) is 5.69 Å². The Morgan fingerprint density at radius 2 is 1.96 bits per heavy atom. The van der Waals surface area contributed by atoms with Crippen molar-refractivity contribution in [2.45, 2.75) is 19.6 Å². The fourth-order valence-electron chi connectivity index (χ4n) is 2.89. The lowest BCUT2D eigenvalue weighted by Gasteiger charge is -2.06. The van der Waals surface area contributed by atoms with Gasteiger partial charge in [-0.2, -0.15) is 0 Å². The van der Waals surface area contributed by atoms with Crippen LogP contribution < -0.4 is 5.32 Å². The third-order valence-electron chi connectivity index (χ3n) is 3.89. The SMILES string of the molecule is Cc1cc(C)c2cc(C(=O)Nc3cccc(CS(C)=O)c3)[nH]c2c1. The zero-order valence-corrected chi connectivity index (χ0v) is 14.8. The fraction of sp³-hybridized carbons (Fsp3) is 0.211. The van der Waals surface area contributed by atoms with E-state index < -0.39 is 10.8 Å². The maximum atomic E-state index is 12.5. The van der Waals surface area contributed by atoms with Crippen LogP contribution in [0.4, 0.5) is 5.69 Å². The third kappa shape index (κ3) is 3.57. The Balaban J connectivity index is 1.85. The van der Waals surface area contributed by atoms with Crippen LogP contribution >= 0.6 is 0 Å². The number of anilines is 1. The van der Waals surface area contributed by atoms with Crippen molar-refractivity contribution >= 4 is 33.3 Å². The van der Waals surface area contributed by atoms with Crippen molar-refractivity contribution in [3.8, 4) is 0 Å². The van der Waals surface area contributed by atoms with Crippen LogP contribution in [0.15, 0.2) is 42.5 Å². The summed E-state index contributed by atoms with van der Waals surface area (Å²) in [5, 5.41) is 3.95. The molecule has 0 aliphatic carbocycles. The monoisotopic (exact) mass is 340 g/mol. The first-order valence-electron chi connectivity index (χ1n) is 7.72. The molecular formula is C19H20N2O2S. The molecule has 1 atom stereocenters. The number of aryl methyl sites for hydroxylation is 2. The highest BCUT2D eigenvalue weighted by molar-refractivity contribution is 7.83. The molecule has 1 unspecified atom stereocenters. The minimum Gasteiger partial charge on any atom is -0.351 e. The summed E-state index contributed by atoms with van der Waals surface area (Å²) in [6, 6.07) is 13.5. The molecule has 2 N–H and O–H groups in total. The second kappa shape index (κ2) is 6.61. The maximum Gasteiger partial charge on any atom is 0.272 e. The van der Waals surface area contributed by atoms with Crippen LogP contribution in [-0.4, -0.2) is 21.4 Å². The molecule has 0 bridgehead atoms. The Bertz CT molecular complexity index is 944. The number of aromatic amines is 1. The molecule has 1 heterocycles. The fourth-order valence-corrected chi connectivity index (χ4v) is 3.54. The van der Waals surface area contributed by atoms with Crippen molar-refractivity contribution in [3.05, 3.63) is 64.8 Å². The predicted molar refractivity (Wildman–Crippen MR) is 99.9 cm³/mol. The summed E-state index contributed by atoms with van der Waals surface area (Å²) in [7, 11) is -0.908. The molecule has 2 aromatic carbocycles. The van der Waals surface area contributed by atoms with Gasteiger partial charge in [-0.1, -0.05) is 18.2 Å². The molecule has 0 saturated carbocycles. The number of fused-ring (bicyclic) bond motifs is 1. The summed E-state index contributed by atoms with van der Waals surface area (Å²) < 4.78 is 11.3. The van der Waals surface area contributed by atoms with Gasteiger partial charge < -0.3 is 10.3 Å². The van der Waals surface area contributed by atoms with Crippen molar-refractivity contribution in [1.29, 1.82) is 0 Å². The second-order valence-electron chi connectivity index (χ2n) is 6.10. The molecule has 1 amide bonds. The molecule has 0 aliphatic rings. The number of aromatic nitrogens is 1. The molecule has 0 saturated heterocycles. The average Bonchev–Trinajstić information content (AvgIpc) is 2.91. The van der Waals surface area contributed by atoms with Crippen molar-refractivity contribution in [2.24, 2.45) is 0 Å². The van der Waals surface area contributed by atoms with E-state index in [2.05, 4.69) is 16.4 Å². The molecule has 0 fully saturated rings. The average molecular weight is 340 g/mol. The Morgan fingerprint density at radius 3 is 2.71 bits per heavy atom. The normalized spacial score (nSPS) is 12.3. The smallest absolute Gasteiger partial charge is 0.272 e. The maximum absolute atomic E-state index is 12.5. The van der Waals surface area contributed by atoms with Crippen molar-refractivity contribution < 1.29 is 9.00 Å².